The summed E-state index contributed by atoms with van der Waals surface area (Å²) in [5.74, 6) is -2.91. The molecule has 0 aliphatic rings. The van der Waals surface area contributed by atoms with E-state index in [9.17, 15) is 32.7 Å². The number of hydrogen-bond donors (Lipinski definition) is 3. The molecule has 0 radical (unpaired) electrons. The van der Waals surface area contributed by atoms with Crippen molar-refractivity contribution in [2.24, 2.45) is 0 Å². The van der Waals surface area contributed by atoms with Gasteiger partial charge >= 0.3 is 18.4 Å². The van der Waals surface area contributed by atoms with Crippen LogP contribution in [0.25, 0.3) is 0 Å². The first-order chi connectivity index (χ1) is 18.7. The number of rotatable bonds is 9. The number of aliphatic hydroxyl groups is 1. The van der Waals surface area contributed by atoms with Crippen molar-refractivity contribution in [1.82, 2.24) is 10.6 Å². The Bertz CT molecular complexity index is 1210. The van der Waals surface area contributed by atoms with E-state index in [-0.39, 0.29) is 17.0 Å². The summed E-state index contributed by atoms with van der Waals surface area (Å²) >= 11 is 5.99. The van der Waals surface area contributed by atoms with Gasteiger partial charge in [-0.25, -0.2) is 9.59 Å². The third-order valence-corrected chi connectivity index (χ3v) is 5.26. The fourth-order valence-corrected chi connectivity index (χ4v) is 3.80. The van der Waals surface area contributed by atoms with Gasteiger partial charge in [-0.15, -0.1) is 13.2 Å². The highest BCUT2D eigenvalue weighted by Gasteiger charge is 2.36. The van der Waals surface area contributed by atoms with Crippen molar-refractivity contribution >= 4 is 29.6 Å². The Kier molecular flexibility index (Phi) is 11.0. The van der Waals surface area contributed by atoms with Gasteiger partial charge in [-0.1, -0.05) is 41.9 Å². The minimum absolute atomic E-state index is 0.00743. The van der Waals surface area contributed by atoms with E-state index in [0.29, 0.717) is 5.56 Å². The fraction of sp³-hybridized carbons (Fsp3) is 0.464. The lowest BCUT2D eigenvalue weighted by atomic mass is 9.99. The number of alkyl carbamates (subject to hydrolysis) is 1. The molecule has 9 nitrogen and oxygen atoms in total. The van der Waals surface area contributed by atoms with Gasteiger partial charge in [0.1, 0.15) is 17.0 Å². The maximum atomic E-state index is 13.3. The van der Waals surface area contributed by atoms with E-state index >= 15 is 0 Å². The molecule has 0 aliphatic carbocycles. The topological polar surface area (TPSA) is 123 Å². The molecule has 13 heteroatoms. The number of carbonyl (C=O) groups is 3. The lowest BCUT2D eigenvalue weighted by Crippen LogP contribution is -2.53. The quantitative estimate of drug-likeness (QED) is 0.336. The minimum atomic E-state index is -5.05. The molecule has 0 unspecified atom stereocenters. The molecular formula is C28H34ClF3N2O7. The van der Waals surface area contributed by atoms with Crippen LogP contribution in [0.3, 0.4) is 0 Å². The van der Waals surface area contributed by atoms with E-state index in [1.54, 1.807) is 71.9 Å². The number of ether oxygens (including phenoxy) is 3. The predicted octanol–water partition coefficient (Wildman–Crippen LogP) is 5.23. The first-order valence-corrected chi connectivity index (χ1v) is 12.9. The van der Waals surface area contributed by atoms with Crippen LogP contribution in [-0.4, -0.2) is 52.8 Å². The SMILES string of the molecule is CC(C)(C)OC(=O)N[C@H](Cc1ccccc1)[C@H](O)C(=O)N[C@@H](C(=O)OC(C)(C)C)c1cc(Cl)cc(OC(F)(F)F)c1. The molecule has 0 bridgehead atoms. The normalized spacial score (nSPS) is 14.3. The third kappa shape index (κ3) is 12.3. The van der Waals surface area contributed by atoms with Gasteiger partial charge < -0.3 is 30.0 Å². The monoisotopic (exact) mass is 602 g/mol. The Morgan fingerprint density at radius 2 is 1.49 bits per heavy atom. The predicted molar refractivity (Wildman–Crippen MR) is 144 cm³/mol. The molecule has 226 valence electrons. The summed E-state index contributed by atoms with van der Waals surface area (Å²) in [5, 5.41) is 15.6. The third-order valence-electron chi connectivity index (χ3n) is 5.04. The number of hydrogen-bond acceptors (Lipinski definition) is 7. The lowest BCUT2D eigenvalue weighted by molar-refractivity contribution is -0.274. The number of nitrogens with one attached hydrogen (secondary N) is 2. The first-order valence-electron chi connectivity index (χ1n) is 12.5. The number of benzene rings is 2. The van der Waals surface area contributed by atoms with Crippen LogP contribution < -0.4 is 15.4 Å². The van der Waals surface area contributed by atoms with Gasteiger partial charge in [0, 0.05) is 5.02 Å². The summed E-state index contributed by atoms with van der Waals surface area (Å²) in [7, 11) is 0. The van der Waals surface area contributed by atoms with Crippen molar-refractivity contribution in [2.75, 3.05) is 0 Å². The van der Waals surface area contributed by atoms with E-state index in [0.717, 1.165) is 18.2 Å². The van der Waals surface area contributed by atoms with Crippen molar-refractivity contribution in [1.29, 1.82) is 0 Å². The van der Waals surface area contributed by atoms with E-state index in [2.05, 4.69) is 15.4 Å². The summed E-state index contributed by atoms with van der Waals surface area (Å²) in [4.78, 5) is 38.9. The average molecular weight is 603 g/mol. The maximum Gasteiger partial charge on any atom is 0.573 e. The van der Waals surface area contributed by atoms with E-state index in [1.807, 2.05) is 0 Å². The average Bonchev–Trinajstić information content (AvgIpc) is 2.78. The van der Waals surface area contributed by atoms with E-state index in [4.69, 9.17) is 21.1 Å². The van der Waals surface area contributed by atoms with Crippen LogP contribution in [0.4, 0.5) is 18.0 Å². The van der Waals surface area contributed by atoms with Gasteiger partial charge in [0.25, 0.3) is 5.91 Å². The second-order valence-corrected chi connectivity index (χ2v) is 11.6. The highest BCUT2D eigenvalue weighted by Crippen LogP contribution is 2.30. The summed E-state index contributed by atoms with van der Waals surface area (Å²) in [6.07, 6.45) is -7.90. The lowest BCUT2D eigenvalue weighted by Gasteiger charge is -2.29. The molecule has 0 saturated heterocycles. The van der Waals surface area contributed by atoms with Crippen molar-refractivity contribution in [3.05, 3.63) is 64.7 Å². The van der Waals surface area contributed by atoms with Crippen molar-refractivity contribution < 1.29 is 46.9 Å². The van der Waals surface area contributed by atoms with Crippen LogP contribution in [0, 0.1) is 0 Å². The second-order valence-electron chi connectivity index (χ2n) is 11.1. The molecule has 0 aliphatic heterocycles. The van der Waals surface area contributed by atoms with Crippen LogP contribution >= 0.6 is 11.6 Å². The Hall–Kier alpha value is -3.51. The highest BCUT2D eigenvalue weighted by molar-refractivity contribution is 6.30. The Labute approximate surface area is 241 Å². The zero-order valence-electron chi connectivity index (χ0n) is 23.5. The van der Waals surface area contributed by atoms with E-state index < -0.39 is 59.5 Å². The van der Waals surface area contributed by atoms with Crippen molar-refractivity contribution in [3.8, 4) is 5.75 Å². The summed E-state index contributed by atoms with van der Waals surface area (Å²) in [6.45, 7) is 9.56. The van der Waals surface area contributed by atoms with Gasteiger partial charge in [0.05, 0.1) is 6.04 Å². The second kappa shape index (κ2) is 13.4. The van der Waals surface area contributed by atoms with Crippen LogP contribution in [0.1, 0.15) is 58.7 Å². The van der Waals surface area contributed by atoms with Gasteiger partial charge in [-0.3, -0.25) is 4.79 Å². The molecular weight excluding hydrogens is 569 g/mol. The Morgan fingerprint density at radius 1 is 0.902 bits per heavy atom. The number of esters is 1. The largest absolute Gasteiger partial charge is 0.573 e. The molecule has 3 atom stereocenters. The minimum Gasteiger partial charge on any atom is -0.458 e. The van der Waals surface area contributed by atoms with Crippen LogP contribution in [-0.2, 0) is 25.5 Å². The standard InChI is InChI=1S/C28H34ClF3N2O7/c1-26(2,3)40-24(37)21(17-13-18(29)15-19(14-17)39-28(30,31)32)34-23(36)22(35)20(12-16-10-8-7-9-11-16)33-25(38)41-27(4,5)6/h7-11,13-15,20-22,35H,12H2,1-6H3,(H,33,38)(H,34,36)/t20-,21-,22+/m1/s1. The van der Waals surface area contributed by atoms with E-state index in [1.165, 1.54) is 0 Å². The fourth-order valence-electron chi connectivity index (χ4n) is 3.56. The molecule has 41 heavy (non-hydrogen) atoms. The molecule has 0 saturated carbocycles. The molecule has 2 aromatic carbocycles. The number of halogens is 4. The van der Waals surface area contributed by atoms with Gasteiger partial charge in [0.15, 0.2) is 12.1 Å². The smallest absolute Gasteiger partial charge is 0.458 e. The Balaban J connectivity index is 2.42. The number of carbonyl (C=O) groups excluding carboxylic acids is 3. The zero-order chi connectivity index (χ0) is 31.2. The van der Waals surface area contributed by atoms with Crippen LogP contribution in [0.15, 0.2) is 48.5 Å². The van der Waals surface area contributed by atoms with Gasteiger partial charge in [-0.05, 0) is 77.3 Å². The van der Waals surface area contributed by atoms with Crippen LogP contribution in [0.2, 0.25) is 5.02 Å². The van der Waals surface area contributed by atoms with Gasteiger partial charge in [0.2, 0.25) is 0 Å². The number of amides is 2. The molecule has 0 aromatic heterocycles. The maximum absolute atomic E-state index is 13.3. The van der Waals surface area contributed by atoms with Crippen LogP contribution in [0.5, 0.6) is 5.75 Å². The highest BCUT2D eigenvalue weighted by atomic mass is 35.5. The summed E-state index contributed by atoms with van der Waals surface area (Å²) in [6, 6.07) is 8.60. The molecule has 0 fully saturated rings. The zero-order valence-corrected chi connectivity index (χ0v) is 24.2. The van der Waals surface area contributed by atoms with Gasteiger partial charge in [-0.2, -0.15) is 0 Å². The van der Waals surface area contributed by atoms with Crippen molar-refractivity contribution in [3.63, 3.8) is 0 Å². The number of alkyl halides is 3. The molecule has 2 rings (SSSR count). The molecule has 2 aromatic rings. The molecule has 2 amide bonds. The first kappa shape index (κ1) is 33.7. The molecule has 0 heterocycles. The summed E-state index contributed by atoms with van der Waals surface area (Å²) in [5.41, 5.74) is -1.46. The Morgan fingerprint density at radius 3 is 2.02 bits per heavy atom. The number of aliphatic hydroxyl groups excluding tert-OH is 1. The van der Waals surface area contributed by atoms with Crippen molar-refractivity contribution in [2.45, 2.75) is 83.7 Å². The molecule has 0 spiro atoms. The summed E-state index contributed by atoms with van der Waals surface area (Å²) < 4.78 is 53.2. The molecule has 3 N–H and O–H groups in total.